The molecule has 0 spiro atoms. The lowest BCUT2D eigenvalue weighted by molar-refractivity contribution is 0.356. The van der Waals surface area contributed by atoms with Crippen LogP contribution >= 0.6 is 0 Å². The van der Waals surface area contributed by atoms with Gasteiger partial charge in [0.2, 0.25) is 5.95 Å². The fourth-order valence-electron chi connectivity index (χ4n) is 2.92. The lowest BCUT2D eigenvalue weighted by Crippen LogP contribution is -1.95. The third-order valence-corrected chi connectivity index (χ3v) is 4.09. The third kappa shape index (κ3) is 2.82. The van der Waals surface area contributed by atoms with E-state index in [9.17, 15) is 0 Å². The summed E-state index contributed by atoms with van der Waals surface area (Å²) in [6.45, 7) is 0. The van der Waals surface area contributed by atoms with Gasteiger partial charge in [-0.05, 0) is 30.3 Å². The second kappa shape index (κ2) is 6.76. The number of hydrogen-bond acceptors (Lipinski definition) is 5. The highest BCUT2D eigenvalue weighted by molar-refractivity contribution is 5.83. The van der Waals surface area contributed by atoms with Crippen LogP contribution in [-0.2, 0) is 0 Å². The number of nitrogens with zero attached hydrogens (tertiary/aromatic N) is 3. The number of aromatic nitrogens is 3. The van der Waals surface area contributed by atoms with E-state index < -0.39 is 0 Å². The van der Waals surface area contributed by atoms with Gasteiger partial charge in [0.1, 0.15) is 0 Å². The van der Waals surface area contributed by atoms with Crippen molar-refractivity contribution in [2.45, 2.75) is 0 Å². The Kier molecular flexibility index (Phi) is 4.15. The molecule has 6 heteroatoms. The van der Waals surface area contributed by atoms with E-state index in [-0.39, 0.29) is 0 Å². The van der Waals surface area contributed by atoms with Gasteiger partial charge in [0.05, 0.1) is 14.2 Å². The average Bonchev–Trinajstić information content (AvgIpc) is 3.10. The maximum absolute atomic E-state index is 5.58. The molecule has 0 fully saturated rings. The Hall–Kier alpha value is -3.54. The van der Waals surface area contributed by atoms with Crippen LogP contribution in [0.15, 0.2) is 66.9 Å². The molecule has 2 aromatic heterocycles. The first kappa shape index (κ1) is 16.0. The van der Waals surface area contributed by atoms with Crippen molar-refractivity contribution in [1.82, 2.24) is 14.6 Å². The first-order valence-corrected chi connectivity index (χ1v) is 8.19. The van der Waals surface area contributed by atoms with E-state index in [1.165, 1.54) is 0 Å². The van der Waals surface area contributed by atoms with Gasteiger partial charge in [-0.25, -0.2) is 4.52 Å². The molecule has 130 valence electrons. The van der Waals surface area contributed by atoms with Crippen LogP contribution in [0.1, 0.15) is 0 Å². The summed E-state index contributed by atoms with van der Waals surface area (Å²) in [5, 5.41) is 7.74. The second-order valence-corrected chi connectivity index (χ2v) is 5.66. The normalized spacial score (nSPS) is 10.7. The molecule has 0 saturated carbocycles. The van der Waals surface area contributed by atoms with Crippen LogP contribution in [0, 0.1) is 0 Å². The smallest absolute Gasteiger partial charge is 0.247 e. The number of anilines is 2. The molecule has 2 heterocycles. The van der Waals surface area contributed by atoms with Crippen molar-refractivity contribution in [3.05, 3.63) is 66.9 Å². The van der Waals surface area contributed by atoms with E-state index in [1.54, 1.807) is 18.7 Å². The Balaban J connectivity index is 1.82. The molecule has 0 radical (unpaired) electrons. The zero-order chi connectivity index (χ0) is 17.9. The Morgan fingerprint density at radius 2 is 1.65 bits per heavy atom. The summed E-state index contributed by atoms with van der Waals surface area (Å²) in [4.78, 5) is 4.66. The number of methoxy groups -OCH3 is 2. The van der Waals surface area contributed by atoms with E-state index in [2.05, 4.69) is 15.4 Å². The fraction of sp³-hybridized carbons (Fsp3) is 0.100. The zero-order valence-corrected chi connectivity index (χ0v) is 14.5. The van der Waals surface area contributed by atoms with Crippen molar-refractivity contribution in [2.75, 3.05) is 19.5 Å². The zero-order valence-electron chi connectivity index (χ0n) is 14.5. The summed E-state index contributed by atoms with van der Waals surface area (Å²) < 4.78 is 12.7. The van der Waals surface area contributed by atoms with Crippen molar-refractivity contribution in [3.8, 4) is 22.6 Å². The Labute approximate surface area is 151 Å². The fourth-order valence-corrected chi connectivity index (χ4v) is 2.92. The van der Waals surface area contributed by atoms with Crippen LogP contribution in [0.2, 0.25) is 0 Å². The average molecular weight is 346 g/mol. The molecular formula is C20H18N4O2. The number of rotatable bonds is 5. The predicted molar refractivity (Wildman–Crippen MR) is 101 cm³/mol. The van der Waals surface area contributed by atoms with E-state index >= 15 is 0 Å². The van der Waals surface area contributed by atoms with Gasteiger partial charge >= 0.3 is 0 Å². The highest BCUT2D eigenvalue weighted by Gasteiger charge is 2.16. The highest BCUT2D eigenvalue weighted by Crippen LogP contribution is 2.39. The van der Waals surface area contributed by atoms with Gasteiger partial charge in [-0.15, -0.1) is 5.10 Å². The maximum atomic E-state index is 5.58. The second-order valence-electron chi connectivity index (χ2n) is 5.66. The molecule has 1 N–H and O–H groups in total. The van der Waals surface area contributed by atoms with Crippen molar-refractivity contribution in [1.29, 1.82) is 0 Å². The van der Waals surface area contributed by atoms with Crippen molar-refractivity contribution >= 4 is 17.3 Å². The molecule has 0 amide bonds. The van der Waals surface area contributed by atoms with Crippen LogP contribution in [0.4, 0.5) is 11.6 Å². The third-order valence-electron chi connectivity index (χ3n) is 4.09. The highest BCUT2D eigenvalue weighted by atomic mass is 16.5. The molecule has 6 nitrogen and oxygen atoms in total. The molecule has 0 aliphatic carbocycles. The van der Waals surface area contributed by atoms with Crippen molar-refractivity contribution in [3.63, 3.8) is 0 Å². The van der Waals surface area contributed by atoms with Gasteiger partial charge in [-0.1, -0.05) is 30.3 Å². The van der Waals surface area contributed by atoms with Crippen molar-refractivity contribution < 1.29 is 9.47 Å². The van der Waals surface area contributed by atoms with Crippen LogP contribution in [-0.4, -0.2) is 28.8 Å². The van der Waals surface area contributed by atoms with Gasteiger partial charge in [-0.3, -0.25) is 0 Å². The van der Waals surface area contributed by atoms with Gasteiger partial charge in [-0.2, -0.15) is 4.98 Å². The minimum absolute atomic E-state index is 0.533. The number of ether oxygens (including phenoxy) is 2. The molecular weight excluding hydrogens is 328 g/mol. The quantitative estimate of drug-likeness (QED) is 0.588. The SMILES string of the molecule is COc1cccc(-c2cccn3nc(Nc4ccccc4)nc23)c1OC. The van der Waals surface area contributed by atoms with E-state index in [0.717, 1.165) is 22.5 Å². The summed E-state index contributed by atoms with van der Waals surface area (Å²) in [5.74, 6) is 1.88. The molecule has 0 aliphatic rings. The van der Waals surface area contributed by atoms with Gasteiger partial charge < -0.3 is 14.8 Å². The predicted octanol–water partition coefficient (Wildman–Crippen LogP) is 4.16. The summed E-state index contributed by atoms with van der Waals surface area (Å²) in [6, 6.07) is 19.5. The number of hydrogen-bond donors (Lipinski definition) is 1. The van der Waals surface area contributed by atoms with E-state index in [0.29, 0.717) is 17.4 Å². The summed E-state index contributed by atoms with van der Waals surface area (Å²) >= 11 is 0. The molecule has 2 aromatic carbocycles. The molecule has 0 unspecified atom stereocenters. The monoisotopic (exact) mass is 346 g/mol. The van der Waals surface area contributed by atoms with Crippen LogP contribution in [0.3, 0.4) is 0 Å². The van der Waals surface area contributed by atoms with E-state index in [4.69, 9.17) is 9.47 Å². The van der Waals surface area contributed by atoms with E-state index in [1.807, 2.05) is 66.9 Å². The molecule has 0 aliphatic heterocycles. The summed E-state index contributed by atoms with van der Waals surface area (Å²) in [6.07, 6.45) is 1.87. The number of nitrogens with one attached hydrogen (secondary N) is 1. The summed E-state index contributed by atoms with van der Waals surface area (Å²) in [5.41, 5.74) is 3.48. The molecule has 4 rings (SSSR count). The molecule has 26 heavy (non-hydrogen) atoms. The topological polar surface area (TPSA) is 60.7 Å². The van der Waals surface area contributed by atoms with Gasteiger partial charge in [0.25, 0.3) is 0 Å². The Morgan fingerprint density at radius 1 is 0.846 bits per heavy atom. The minimum atomic E-state index is 0.533. The number of pyridine rings is 1. The summed E-state index contributed by atoms with van der Waals surface area (Å²) in [7, 11) is 3.26. The number of para-hydroxylation sites is 2. The van der Waals surface area contributed by atoms with Crippen molar-refractivity contribution in [2.24, 2.45) is 0 Å². The molecule has 4 aromatic rings. The Bertz CT molecular complexity index is 1040. The standard InChI is InChI=1S/C20H18N4O2/c1-25-17-12-6-10-15(18(17)26-2)16-11-7-13-24-19(16)22-20(23-24)21-14-8-4-3-5-9-14/h3-13H,1-2H3,(H,21,23). The Morgan fingerprint density at radius 3 is 2.42 bits per heavy atom. The van der Waals surface area contributed by atoms with Crippen LogP contribution < -0.4 is 14.8 Å². The lowest BCUT2D eigenvalue weighted by atomic mass is 10.1. The largest absolute Gasteiger partial charge is 0.493 e. The number of benzene rings is 2. The van der Waals surface area contributed by atoms with Crippen LogP contribution in [0.5, 0.6) is 11.5 Å². The van der Waals surface area contributed by atoms with Gasteiger partial charge in [0, 0.05) is 23.0 Å². The molecule has 0 saturated heterocycles. The maximum Gasteiger partial charge on any atom is 0.247 e. The minimum Gasteiger partial charge on any atom is -0.493 e. The van der Waals surface area contributed by atoms with Crippen LogP contribution in [0.25, 0.3) is 16.8 Å². The molecule has 0 atom stereocenters. The van der Waals surface area contributed by atoms with Gasteiger partial charge in [0.15, 0.2) is 17.1 Å². The first-order chi connectivity index (χ1) is 12.8. The first-order valence-electron chi connectivity index (χ1n) is 8.19. The molecule has 0 bridgehead atoms. The lowest BCUT2D eigenvalue weighted by Gasteiger charge is -2.12. The number of fused-ring (bicyclic) bond motifs is 1.